The predicted molar refractivity (Wildman–Crippen MR) is 101 cm³/mol. The second kappa shape index (κ2) is 8.04. The molecule has 3 rings (SSSR count). The molecular formula is C19H26N4OS. The van der Waals surface area contributed by atoms with Gasteiger partial charge in [0.05, 0.1) is 5.75 Å². The Bertz CT molecular complexity index is 722. The van der Waals surface area contributed by atoms with Gasteiger partial charge in [-0.15, -0.1) is 10.2 Å². The average Bonchev–Trinajstić information content (AvgIpc) is 3.40. The highest BCUT2D eigenvalue weighted by molar-refractivity contribution is 7.99. The van der Waals surface area contributed by atoms with Crippen LogP contribution in [-0.2, 0) is 24.3 Å². The molecule has 1 aliphatic rings. The standard InChI is InChI=1S/C19H26N4OS/c1-4-14-6-8-15(9-7-14)12-22(3)17(24)13-25-19-21-20-18(16-10-11-16)23(19)5-2/h6-9,16H,4-5,10-13H2,1-3H3. The van der Waals surface area contributed by atoms with Crippen LogP contribution in [0.4, 0.5) is 0 Å². The number of hydrogen-bond donors (Lipinski definition) is 0. The van der Waals surface area contributed by atoms with E-state index in [4.69, 9.17) is 0 Å². The third-order valence-electron chi connectivity index (χ3n) is 4.61. The Labute approximate surface area is 153 Å². The number of nitrogens with zero attached hydrogens (tertiary/aromatic N) is 4. The number of rotatable bonds is 8. The Morgan fingerprint density at radius 1 is 1.20 bits per heavy atom. The van der Waals surface area contributed by atoms with Crippen molar-refractivity contribution in [1.82, 2.24) is 19.7 Å². The van der Waals surface area contributed by atoms with Crippen LogP contribution in [0, 0.1) is 0 Å². The highest BCUT2D eigenvalue weighted by Crippen LogP contribution is 2.39. The molecule has 0 atom stereocenters. The lowest BCUT2D eigenvalue weighted by atomic mass is 10.1. The van der Waals surface area contributed by atoms with Crippen molar-refractivity contribution in [2.24, 2.45) is 0 Å². The number of aromatic nitrogens is 3. The molecule has 0 spiro atoms. The smallest absolute Gasteiger partial charge is 0.233 e. The molecule has 1 aliphatic carbocycles. The summed E-state index contributed by atoms with van der Waals surface area (Å²) in [4.78, 5) is 14.2. The first-order valence-electron chi connectivity index (χ1n) is 9.00. The summed E-state index contributed by atoms with van der Waals surface area (Å²) in [7, 11) is 1.86. The predicted octanol–water partition coefficient (Wildman–Crippen LogP) is 3.49. The number of carbonyl (C=O) groups excluding carboxylic acids is 1. The van der Waals surface area contributed by atoms with E-state index in [2.05, 4.69) is 52.9 Å². The van der Waals surface area contributed by atoms with Gasteiger partial charge in [-0.25, -0.2) is 0 Å². The number of hydrogen-bond acceptors (Lipinski definition) is 4. The van der Waals surface area contributed by atoms with Crippen LogP contribution >= 0.6 is 11.8 Å². The second-order valence-corrected chi connectivity index (χ2v) is 7.51. The van der Waals surface area contributed by atoms with E-state index in [9.17, 15) is 4.79 Å². The van der Waals surface area contributed by atoms with E-state index in [1.165, 1.54) is 30.2 Å². The highest BCUT2D eigenvalue weighted by Gasteiger charge is 2.30. The maximum atomic E-state index is 12.4. The van der Waals surface area contributed by atoms with Crippen molar-refractivity contribution in [3.63, 3.8) is 0 Å². The molecule has 0 aliphatic heterocycles. The van der Waals surface area contributed by atoms with Gasteiger partial charge in [0, 0.05) is 26.1 Å². The summed E-state index contributed by atoms with van der Waals surface area (Å²) in [5.41, 5.74) is 2.48. The van der Waals surface area contributed by atoms with Gasteiger partial charge in [-0.2, -0.15) is 0 Å². The van der Waals surface area contributed by atoms with Crippen molar-refractivity contribution in [2.75, 3.05) is 12.8 Å². The molecule has 1 aromatic carbocycles. The topological polar surface area (TPSA) is 51.0 Å². The molecule has 1 heterocycles. The zero-order valence-electron chi connectivity index (χ0n) is 15.2. The SMILES string of the molecule is CCc1ccc(CN(C)C(=O)CSc2nnc(C3CC3)n2CC)cc1. The van der Waals surface area contributed by atoms with Gasteiger partial charge in [0.2, 0.25) is 5.91 Å². The van der Waals surface area contributed by atoms with Crippen molar-refractivity contribution >= 4 is 17.7 Å². The molecule has 0 radical (unpaired) electrons. The van der Waals surface area contributed by atoms with E-state index in [0.717, 1.165) is 29.5 Å². The molecule has 0 bridgehead atoms. The summed E-state index contributed by atoms with van der Waals surface area (Å²) in [5.74, 6) is 2.17. The van der Waals surface area contributed by atoms with Gasteiger partial charge >= 0.3 is 0 Å². The lowest BCUT2D eigenvalue weighted by Crippen LogP contribution is -2.27. The molecule has 0 N–H and O–H groups in total. The lowest BCUT2D eigenvalue weighted by Gasteiger charge is -2.17. The zero-order chi connectivity index (χ0) is 17.8. The number of benzene rings is 1. The number of thioether (sulfide) groups is 1. The van der Waals surface area contributed by atoms with Crippen LogP contribution in [0.15, 0.2) is 29.4 Å². The maximum Gasteiger partial charge on any atom is 0.233 e. The van der Waals surface area contributed by atoms with Crippen molar-refractivity contribution in [3.05, 3.63) is 41.2 Å². The lowest BCUT2D eigenvalue weighted by molar-refractivity contribution is -0.127. The molecule has 6 heteroatoms. The second-order valence-electron chi connectivity index (χ2n) is 6.57. The van der Waals surface area contributed by atoms with Crippen molar-refractivity contribution in [2.45, 2.75) is 57.3 Å². The minimum Gasteiger partial charge on any atom is -0.341 e. The molecule has 1 amide bonds. The van der Waals surface area contributed by atoms with Crippen LogP contribution < -0.4 is 0 Å². The Morgan fingerprint density at radius 2 is 1.88 bits per heavy atom. The summed E-state index contributed by atoms with van der Waals surface area (Å²) >= 11 is 1.49. The molecule has 0 unspecified atom stereocenters. The van der Waals surface area contributed by atoms with Gasteiger partial charge in [0.1, 0.15) is 5.82 Å². The van der Waals surface area contributed by atoms with Crippen molar-refractivity contribution in [3.8, 4) is 0 Å². The summed E-state index contributed by atoms with van der Waals surface area (Å²) < 4.78 is 2.15. The third-order valence-corrected chi connectivity index (χ3v) is 5.56. The van der Waals surface area contributed by atoms with E-state index < -0.39 is 0 Å². The average molecular weight is 359 g/mol. The summed E-state index contributed by atoms with van der Waals surface area (Å²) in [6.45, 7) is 5.74. The van der Waals surface area contributed by atoms with Gasteiger partial charge in [-0.1, -0.05) is 43.0 Å². The minimum absolute atomic E-state index is 0.114. The Balaban J connectivity index is 1.54. The molecule has 1 fully saturated rings. The molecule has 2 aromatic rings. The molecule has 5 nitrogen and oxygen atoms in total. The summed E-state index contributed by atoms with van der Waals surface area (Å²) in [6.07, 6.45) is 3.45. The fourth-order valence-electron chi connectivity index (χ4n) is 2.83. The van der Waals surface area contributed by atoms with Gasteiger partial charge in [-0.3, -0.25) is 4.79 Å². The molecule has 134 valence electrons. The summed E-state index contributed by atoms with van der Waals surface area (Å²) in [5, 5.41) is 9.47. The normalized spacial score (nSPS) is 13.9. The van der Waals surface area contributed by atoms with Gasteiger partial charge in [-0.05, 0) is 37.3 Å². The number of carbonyl (C=O) groups is 1. The Morgan fingerprint density at radius 3 is 2.48 bits per heavy atom. The van der Waals surface area contributed by atoms with Gasteiger partial charge in [0.25, 0.3) is 0 Å². The van der Waals surface area contributed by atoms with Crippen LogP contribution in [0.3, 0.4) is 0 Å². The number of aryl methyl sites for hydroxylation is 1. The van der Waals surface area contributed by atoms with Crippen molar-refractivity contribution in [1.29, 1.82) is 0 Å². The van der Waals surface area contributed by atoms with Crippen LogP contribution in [0.25, 0.3) is 0 Å². The first kappa shape index (κ1) is 18.0. The minimum atomic E-state index is 0.114. The number of amides is 1. The van der Waals surface area contributed by atoms with Crippen LogP contribution in [0.2, 0.25) is 0 Å². The highest BCUT2D eigenvalue weighted by atomic mass is 32.2. The molecule has 1 aromatic heterocycles. The monoisotopic (exact) mass is 358 g/mol. The molecular weight excluding hydrogens is 332 g/mol. The van der Waals surface area contributed by atoms with E-state index in [1.807, 2.05) is 7.05 Å². The molecule has 25 heavy (non-hydrogen) atoms. The van der Waals surface area contributed by atoms with Gasteiger partial charge in [0.15, 0.2) is 5.16 Å². The third kappa shape index (κ3) is 4.42. The zero-order valence-corrected chi connectivity index (χ0v) is 16.1. The first-order chi connectivity index (χ1) is 12.1. The van der Waals surface area contributed by atoms with Crippen LogP contribution in [0.1, 0.15) is 49.6 Å². The van der Waals surface area contributed by atoms with Gasteiger partial charge < -0.3 is 9.47 Å². The Kier molecular flexibility index (Phi) is 5.78. The quantitative estimate of drug-likeness (QED) is 0.678. The van der Waals surface area contributed by atoms with E-state index in [0.29, 0.717) is 18.2 Å². The fourth-order valence-corrected chi connectivity index (χ4v) is 3.78. The van der Waals surface area contributed by atoms with E-state index in [-0.39, 0.29) is 5.91 Å². The largest absolute Gasteiger partial charge is 0.341 e. The van der Waals surface area contributed by atoms with E-state index >= 15 is 0 Å². The molecule has 1 saturated carbocycles. The van der Waals surface area contributed by atoms with Crippen LogP contribution in [0.5, 0.6) is 0 Å². The maximum absolute atomic E-state index is 12.4. The van der Waals surface area contributed by atoms with Crippen molar-refractivity contribution < 1.29 is 4.79 Å². The molecule has 0 saturated heterocycles. The Hall–Kier alpha value is -1.82. The fraction of sp³-hybridized carbons (Fsp3) is 0.526. The van der Waals surface area contributed by atoms with Crippen LogP contribution in [-0.4, -0.2) is 38.4 Å². The summed E-state index contributed by atoms with van der Waals surface area (Å²) in [6, 6.07) is 8.47. The van der Waals surface area contributed by atoms with E-state index in [1.54, 1.807) is 4.90 Å². The first-order valence-corrected chi connectivity index (χ1v) is 9.98.